The van der Waals surface area contributed by atoms with Crippen LogP contribution in [0.5, 0.6) is 0 Å². The molecule has 1 aliphatic carbocycles. The lowest BCUT2D eigenvalue weighted by molar-refractivity contribution is 0.395. The predicted octanol–water partition coefficient (Wildman–Crippen LogP) is -0.0975. The number of tetrazole rings is 1. The number of H-pyrrole nitrogens is 1. The van der Waals surface area contributed by atoms with E-state index in [0.29, 0.717) is 5.56 Å². The minimum atomic E-state index is -4.36. The summed E-state index contributed by atoms with van der Waals surface area (Å²) in [6.45, 7) is 0. The number of rotatable bonds is 4. The van der Waals surface area contributed by atoms with Crippen LogP contribution in [0.1, 0.15) is 37.2 Å². The lowest BCUT2D eigenvalue weighted by Crippen LogP contribution is -2.26. The highest BCUT2D eigenvalue weighted by Crippen LogP contribution is 2.41. The van der Waals surface area contributed by atoms with Crippen LogP contribution in [0.15, 0.2) is 21.9 Å². The summed E-state index contributed by atoms with van der Waals surface area (Å²) in [5.41, 5.74) is 6.71. The van der Waals surface area contributed by atoms with Crippen molar-refractivity contribution in [1.29, 1.82) is 0 Å². The van der Waals surface area contributed by atoms with E-state index < -0.39 is 24.8 Å². The van der Waals surface area contributed by atoms with Crippen molar-refractivity contribution in [2.75, 3.05) is 6.26 Å². The van der Waals surface area contributed by atoms with Crippen molar-refractivity contribution < 1.29 is 16.8 Å². The van der Waals surface area contributed by atoms with Gasteiger partial charge in [-0.1, -0.05) is 6.07 Å². The molecule has 1 saturated carbocycles. The Hall–Kier alpha value is -1.89. The summed E-state index contributed by atoms with van der Waals surface area (Å²) in [5, 5.41) is 18.7. The molecule has 3 rings (SSSR count). The Balaban J connectivity index is 2.33. The van der Waals surface area contributed by atoms with E-state index >= 15 is 0 Å². The molecule has 0 saturated heterocycles. The summed E-state index contributed by atoms with van der Waals surface area (Å²) in [5.74, 6) is 0.0633. The molecule has 1 aliphatic rings. The zero-order chi connectivity index (χ0) is 19.1. The molecular weight excluding hydrogens is 380 g/mol. The molecule has 26 heavy (non-hydrogen) atoms. The molecule has 12 heteroatoms. The molecule has 5 N–H and O–H groups in total. The predicted molar refractivity (Wildman–Crippen MR) is 93.3 cm³/mol. The first-order valence-electron chi connectivity index (χ1n) is 7.98. The van der Waals surface area contributed by atoms with E-state index in [9.17, 15) is 16.8 Å². The van der Waals surface area contributed by atoms with E-state index in [1.165, 1.54) is 6.07 Å². The molecule has 1 fully saturated rings. The highest BCUT2D eigenvalue weighted by Gasteiger charge is 2.32. The molecule has 0 amide bonds. The average Bonchev–Trinajstić information content (AvgIpc) is 3.06. The maximum Gasteiger partial charge on any atom is 0.240 e. The second-order valence-corrected chi connectivity index (χ2v) is 10.0. The lowest BCUT2D eigenvalue weighted by Gasteiger charge is -2.28. The highest BCUT2D eigenvalue weighted by molar-refractivity contribution is 7.93. The van der Waals surface area contributed by atoms with Crippen LogP contribution >= 0.6 is 0 Å². The van der Waals surface area contributed by atoms with E-state index in [2.05, 4.69) is 20.6 Å². The van der Waals surface area contributed by atoms with Gasteiger partial charge in [0, 0.05) is 17.9 Å². The van der Waals surface area contributed by atoms with Gasteiger partial charge in [-0.05, 0) is 53.7 Å². The number of hydrogen-bond acceptors (Lipinski definition) is 8. The zero-order valence-electron chi connectivity index (χ0n) is 14.1. The van der Waals surface area contributed by atoms with Gasteiger partial charge in [0.25, 0.3) is 0 Å². The fraction of sp³-hybridized carbons (Fsp3) is 0.500. The molecule has 0 radical (unpaired) electrons. The summed E-state index contributed by atoms with van der Waals surface area (Å²) < 4.78 is 48.9. The second kappa shape index (κ2) is 6.68. The number of benzene rings is 1. The van der Waals surface area contributed by atoms with Crippen LogP contribution in [0.2, 0.25) is 0 Å². The Morgan fingerprint density at radius 1 is 1.12 bits per heavy atom. The van der Waals surface area contributed by atoms with Crippen molar-refractivity contribution in [3.05, 3.63) is 17.7 Å². The first-order valence-corrected chi connectivity index (χ1v) is 11.4. The molecule has 0 unspecified atom stereocenters. The summed E-state index contributed by atoms with van der Waals surface area (Å²) in [6, 6.07) is 3.01. The quantitative estimate of drug-likeness (QED) is 0.637. The molecule has 0 aliphatic heterocycles. The number of aromatic nitrogens is 4. The molecule has 1 aromatic carbocycles. The third kappa shape index (κ3) is 3.63. The molecule has 2 aromatic rings. The Labute approximate surface area is 151 Å². The van der Waals surface area contributed by atoms with Crippen molar-refractivity contribution in [2.24, 2.45) is 10.9 Å². The fourth-order valence-electron chi connectivity index (χ4n) is 3.43. The monoisotopic (exact) mass is 400 g/mol. The maximum absolute atomic E-state index is 12.3. The Morgan fingerprint density at radius 3 is 2.27 bits per heavy atom. The number of nitrogens with one attached hydrogen (secondary N) is 1. The Kier molecular flexibility index (Phi) is 4.86. The van der Waals surface area contributed by atoms with Crippen LogP contribution in [-0.2, 0) is 19.9 Å². The van der Waals surface area contributed by atoms with E-state index in [-0.39, 0.29) is 28.2 Å². The number of aromatic amines is 1. The number of primary sulfonamides is 1. The van der Waals surface area contributed by atoms with Gasteiger partial charge in [-0.2, -0.15) is 0 Å². The standard InChI is InChI=1S/C14H20N6O4S2/c1-25(21,22)11-7-6-10(8-2-4-9(15)5-3-8)12(13(11)26(16,23)24)14-17-19-20-18-14/h6-9H,2-5,15H2,1H3,(H2,16,23,24)(H,17,18,19,20)/t8-,9+. The maximum atomic E-state index is 12.3. The van der Waals surface area contributed by atoms with Gasteiger partial charge in [0.2, 0.25) is 10.0 Å². The molecule has 0 atom stereocenters. The zero-order valence-corrected chi connectivity index (χ0v) is 15.7. The van der Waals surface area contributed by atoms with Crippen molar-refractivity contribution in [3.8, 4) is 11.4 Å². The lowest BCUT2D eigenvalue weighted by atomic mass is 9.80. The van der Waals surface area contributed by atoms with Crippen molar-refractivity contribution in [2.45, 2.75) is 47.4 Å². The van der Waals surface area contributed by atoms with Gasteiger partial charge >= 0.3 is 0 Å². The largest absolute Gasteiger partial charge is 0.328 e. The number of nitrogens with two attached hydrogens (primary N) is 2. The van der Waals surface area contributed by atoms with Crippen LogP contribution in [-0.4, -0.2) is 49.8 Å². The van der Waals surface area contributed by atoms with Crippen LogP contribution < -0.4 is 10.9 Å². The number of sulfonamides is 1. The van der Waals surface area contributed by atoms with Gasteiger partial charge in [-0.15, -0.1) is 5.10 Å². The first kappa shape index (κ1) is 18.9. The Bertz CT molecular complexity index is 1010. The molecule has 10 nitrogen and oxygen atoms in total. The number of hydrogen-bond donors (Lipinski definition) is 3. The van der Waals surface area contributed by atoms with E-state index in [1.54, 1.807) is 6.07 Å². The van der Waals surface area contributed by atoms with E-state index in [4.69, 9.17) is 10.9 Å². The van der Waals surface area contributed by atoms with Gasteiger partial charge in [0.05, 0.1) is 4.90 Å². The molecular formula is C14H20N6O4S2. The van der Waals surface area contributed by atoms with Gasteiger partial charge < -0.3 is 5.73 Å². The molecule has 142 valence electrons. The van der Waals surface area contributed by atoms with Crippen LogP contribution in [0.4, 0.5) is 0 Å². The fourth-order valence-corrected chi connectivity index (χ4v) is 5.84. The highest BCUT2D eigenvalue weighted by atomic mass is 32.2. The first-order chi connectivity index (χ1) is 12.1. The van der Waals surface area contributed by atoms with Crippen molar-refractivity contribution in [1.82, 2.24) is 20.6 Å². The minimum absolute atomic E-state index is 0.00371. The third-order valence-electron chi connectivity index (χ3n) is 4.63. The van der Waals surface area contributed by atoms with Gasteiger partial charge in [-0.3, -0.25) is 0 Å². The van der Waals surface area contributed by atoms with Gasteiger partial charge in [0.1, 0.15) is 4.90 Å². The molecule has 0 spiro atoms. The summed E-state index contributed by atoms with van der Waals surface area (Å²) in [4.78, 5) is -0.853. The smallest absolute Gasteiger partial charge is 0.240 e. The molecule has 1 heterocycles. The molecule has 0 bridgehead atoms. The van der Waals surface area contributed by atoms with Crippen LogP contribution in [0.25, 0.3) is 11.4 Å². The van der Waals surface area contributed by atoms with Gasteiger partial charge in [-0.25, -0.2) is 27.1 Å². The van der Waals surface area contributed by atoms with Crippen molar-refractivity contribution in [3.63, 3.8) is 0 Å². The van der Waals surface area contributed by atoms with E-state index in [1.807, 2.05) is 0 Å². The summed E-state index contributed by atoms with van der Waals surface area (Å²) >= 11 is 0. The summed E-state index contributed by atoms with van der Waals surface area (Å²) in [7, 11) is -8.21. The van der Waals surface area contributed by atoms with Crippen LogP contribution in [0.3, 0.4) is 0 Å². The number of nitrogens with zero attached hydrogens (tertiary/aromatic N) is 3. The van der Waals surface area contributed by atoms with Gasteiger partial charge in [0.15, 0.2) is 15.7 Å². The number of sulfone groups is 1. The second-order valence-electron chi connectivity index (χ2n) is 6.54. The topological polar surface area (TPSA) is 175 Å². The molecule has 1 aromatic heterocycles. The average molecular weight is 400 g/mol. The third-order valence-corrected chi connectivity index (χ3v) is 6.89. The van der Waals surface area contributed by atoms with E-state index in [0.717, 1.165) is 31.9 Å². The Morgan fingerprint density at radius 2 is 1.77 bits per heavy atom. The minimum Gasteiger partial charge on any atom is -0.328 e. The SMILES string of the molecule is CS(=O)(=O)c1ccc([C@H]2CC[C@@H](N)CC2)c(-c2nnn[nH]2)c1S(N)(=O)=O. The van der Waals surface area contributed by atoms with Crippen molar-refractivity contribution >= 4 is 19.9 Å². The normalized spacial score (nSPS) is 21.7. The summed E-state index contributed by atoms with van der Waals surface area (Å²) in [6.07, 6.45) is 4.00. The van der Waals surface area contributed by atoms with Crippen LogP contribution in [0, 0.1) is 0 Å².